The Morgan fingerprint density at radius 1 is 1.62 bits per heavy atom. The minimum absolute atomic E-state index is 0.530. The van der Waals surface area contributed by atoms with Crippen LogP contribution < -0.4 is 5.32 Å². The summed E-state index contributed by atoms with van der Waals surface area (Å²) in [5.74, 6) is 1.57. The zero-order chi connectivity index (χ0) is 9.52. The third-order valence-corrected chi connectivity index (χ3v) is 3.62. The van der Waals surface area contributed by atoms with E-state index in [1.54, 1.807) is 0 Å². The van der Waals surface area contributed by atoms with Crippen LogP contribution in [-0.4, -0.2) is 28.3 Å². The van der Waals surface area contributed by atoms with Crippen LogP contribution in [0, 0.1) is 0 Å². The van der Waals surface area contributed by atoms with Gasteiger partial charge in [-0.2, -0.15) is 0 Å². The minimum Gasteiger partial charge on any atom is -0.310 e. The Kier molecular flexibility index (Phi) is 5.32. The summed E-state index contributed by atoms with van der Waals surface area (Å²) in [6.07, 6.45) is 8.20. The van der Waals surface area contributed by atoms with E-state index in [4.69, 9.17) is 0 Å². The Balaban J connectivity index is 2.08. The molecular weight excluding hydrogens is 182 g/mol. The summed E-state index contributed by atoms with van der Waals surface area (Å²) in [7, 11) is -0.618. The molecule has 1 aliphatic carbocycles. The molecular formula is C10H19NOS. The maximum atomic E-state index is 11.1. The van der Waals surface area contributed by atoms with Gasteiger partial charge < -0.3 is 5.32 Å². The van der Waals surface area contributed by atoms with Gasteiger partial charge in [0.15, 0.2) is 0 Å². The second-order valence-electron chi connectivity index (χ2n) is 3.35. The molecule has 0 aromatic rings. The Morgan fingerprint density at radius 3 is 3.08 bits per heavy atom. The smallest absolute Gasteiger partial charge is 0.0360 e. The zero-order valence-corrected chi connectivity index (χ0v) is 9.11. The quantitative estimate of drug-likeness (QED) is 0.682. The van der Waals surface area contributed by atoms with E-state index in [-0.39, 0.29) is 0 Å². The van der Waals surface area contributed by atoms with E-state index in [0.29, 0.717) is 6.04 Å². The molecule has 0 aromatic carbocycles. The van der Waals surface area contributed by atoms with Crippen LogP contribution in [0.15, 0.2) is 12.2 Å². The predicted molar refractivity (Wildman–Crippen MR) is 58.3 cm³/mol. The predicted octanol–water partition coefficient (Wildman–Crippen LogP) is 1.45. The lowest BCUT2D eigenvalue weighted by Gasteiger charge is -2.17. The monoisotopic (exact) mass is 201 g/mol. The SMILES string of the molecule is CCS(=O)CCNC1C=CCCC1. The number of nitrogens with one attached hydrogen (secondary N) is 1. The summed E-state index contributed by atoms with van der Waals surface area (Å²) in [4.78, 5) is 0. The first-order chi connectivity index (χ1) is 6.33. The third kappa shape index (κ3) is 4.58. The molecule has 0 radical (unpaired) electrons. The molecule has 76 valence electrons. The Labute approximate surface area is 83.3 Å². The van der Waals surface area contributed by atoms with Gasteiger partial charge in [0.25, 0.3) is 0 Å². The van der Waals surface area contributed by atoms with Gasteiger partial charge in [0.05, 0.1) is 0 Å². The maximum absolute atomic E-state index is 11.1. The lowest BCUT2D eigenvalue weighted by Crippen LogP contribution is -2.31. The van der Waals surface area contributed by atoms with Crippen LogP contribution in [0.5, 0.6) is 0 Å². The van der Waals surface area contributed by atoms with Crippen molar-refractivity contribution in [2.45, 2.75) is 32.2 Å². The van der Waals surface area contributed by atoms with Crippen molar-refractivity contribution >= 4 is 10.8 Å². The van der Waals surface area contributed by atoms with Crippen molar-refractivity contribution in [1.82, 2.24) is 5.32 Å². The molecule has 0 bridgehead atoms. The van der Waals surface area contributed by atoms with E-state index in [9.17, 15) is 4.21 Å². The third-order valence-electron chi connectivity index (χ3n) is 2.31. The molecule has 0 spiro atoms. The highest BCUT2D eigenvalue weighted by molar-refractivity contribution is 7.84. The summed E-state index contributed by atoms with van der Waals surface area (Å²) in [5.41, 5.74) is 0. The highest BCUT2D eigenvalue weighted by atomic mass is 32.2. The van der Waals surface area contributed by atoms with Gasteiger partial charge in [-0.3, -0.25) is 4.21 Å². The van der Waals surface area contributed by atoms with Gasteiger partial charge in [-0.15, -0.1) is 0 Å². The van der Waals surface area contributed by atoms with Crippen LogP contribution in [0.25, 0.3) is 0 Å². The molecule has 1 N–H and O–H groups in total. The normalized spacial score (nSPS) is 24.5. The molecule has 0 aliphatic heterocycles. The van der Waals surface area contributed by atoms with E-state index < -0.39 is 10.8 Å². The molecule has 1 rings (SSSR count). The number of allylic oxidation sites excluding steroid dienone is 1. The van der Waals surface area contributed by atoms with Crippen LogP contribution in [0.4, 0.5) is 0 Å². The van der Waals surface area contributed by atoms with Crippen molar-refractivity contribution in [3.05, 3.63) is 12.2 Å². The number of hydrogen-bond donors (Lipinski definition) is 1. The van der Waals surface area contributed by atoms with Crippen LogP contribution >= 0.6 is 0 Å². The summed E-state index contributed by atoms with van der Waals surface area (Å²) in [5, 5.41) is 3.41. The Hall–Kier alpha value is -0.150. The number of rotatable bonds is 5. The first kappa shape index (κ1) is 10.9. The van der Waals surface area contributed by atoms with Gasteiger partial charge in [0, 0.05) is 34.9 Å². The molecule has 0 amide bonds. The van der Waals surface area contributed by atoms with Crippen LogP contribution in [0.1, 0.15) is 26.2 Å². The van der Waals surface area contributed by atoms with Gasteiger partial charge >= 0.3 is 0 Å². The maximum Gasteiger partial charge on any atom is 0.0360 e. The van der Waals surface area contributed by atoms with E-state index in [1.165, 1.54) is 19.3 Å². The van der Waals surface area contributed by atoms with Gasteiger partial charge in [-0.1, -0.05) is 19.1 Å². The zero-order valence-electron chi connectivity index (χ0n) is 8.29. The fourth-order valence-corrected chi connectivity index (χ4v) is 2.12. The topological polar surface area (TPSA) is 29.1 Å². The molecule has 2 unspecified atom stereocenters. The van der Waals surface area contributed by atoms with E-state index in [1.807, 2.05) is 6.92 Å². The van der Waals surface area contributed by atoms with Gasteiger partial charge in [0.2, 0.25) is 0 Å². The molecule has 2 atom stereocenters. The molecule has 2 nitrogen and oxygen atoms in total. The van der Waals surface area contributed by atoms with Crippen LogP contribution in [0.2, 0.25) is 0 Å². The van der Waals surface area contributed by atoms with Gasteiger partial charge in [-0.25, -0.2) is 0 Å². The van der Waals surface area contributed by atoms with E-state index >= 15 is 0 Å². The molecule has 3 heteroatoms. The summed E-state index contributed by atoms with van der Waals surface area (Å²) < 4.78 is 11.1. The first-order valence-corrected chi connectivity index (χ1v) is 6.56. The van der Waals surface area contributed by atoms with E-state index in [2.05, 4.69) is 17.5 Å². The highest BCUT2D eigenvalue weighted by Gasteiger charge is 2.06. The molecule has 0 saturated carbocycles. The summed E-state index contributed by atoms with van der Waals surface area (Å²) in [6, 6.07) is 0.530. The van der Waals surface area contributed by atoms with Crippen molar-refractivity contribution in [3.63, 3.8) is 0 Å². The number of hydrogen-bond acceptors (Lipinski definition) is 2. The van der Waals surface area contributed by atoms with Crippen molar-refractivity contribution in [2.75, 3.05) is 18.1 Å². The largest absolute Gasteiger partial charge is 0.310 e. The van der Waals surface area contributed by atoms with Crippen molar-refractivity contribution in [3.8, 4) is 0 Å². The van der Waals surface area contributed by atoms with Crippen LogP contribution in [0.3, 0.4) is 0 Å². The summed E-state index contributed by atoms with van der Waals surface area (Å²) >= 11 is 0. The fraction of sp³-hybridized carbons (Fsp3) is 0.800. The second kappa shape index (κ2) is 6.33. The minimum atomic E-state index is -0.618. The highest BCUT2D eigenvalue weighted by Crippen LogP contribution is 2.09. The molecule has 0 fully saturated rings. The molecule has 0 aromatic heterocycles. The Bertz CT molecular complexity index is 191. The molecule has 0 saturated heterocycles. The molecule has 13 heavy (non-hydrogen) atoms. The van der Waals surface area contributed by atoms with Crippen molar-refractivity contribution in [1.29, 1.82) is 0 Å². The second-order valence-corrected chi connectivity index (χ2v) is 5.22. The van der Waals surface area contributed by atoms with Crippen molar-refractivity contribution in [2.24, 2.45) is 0 Å². The first-order valence-electron chi connectivity index (χ1n) is 5.08. The fourth-order valence-electron chi connectivity index (χ4n) is 1.48. The average Bonchev–Trinajstić information content (AvgIpc) is 2.19. The van der Waals surface area contributed by atoms with E-state index in [0.717, 1.165) is 18.1 Å². The lowest BCUT2D eigenvalue weighted by atomic mass is 10.0. The average molecular weight is 201 g/mol. The molecule has 0 heterocycles. The molecule has 1 aliphatic rings. The van der Waals surface area contributed by atoms with Crippen molar-refractivity contribution < 1.29 is 4.21 Å². The van der Waals surface area contributed by atoms with Gasteiger partial charge in [0.1, 0.15) is 0 Å². The summed E-state index contributed by atoms with van der Waals surface area (Å²) in [6.45, 7) is 2.85. The van der Waals surface area contributed by atoms with Crippen LogP contribution in [-0.2, 0) is 10.8 Å². The van der Waals surface area contributed by atoms with Gasteiger partial charge in [-0.05, 0) is 19.3 Å². The standard InChI is InChI=1S/C10H19NOS/c1-2-13(12)9-8-11-10-6-4-3-5-7-10/h4,6,10-11H,2-3,5,7-9H2,1H3. The lowest BCUT2D eigenvalue weighted by molar-refractivity contribution is 0.537. The Morgan fingerprint density at radius 2 is 2.46 bits per heavy atom.